The molecule has 0 spiro atoms. The molecule has 1 aliphatic heterocycles. The van der Waals surface area contributed by atoms with Crippen molar-refractivity contribution in [1.82, 2.24) is 9.97 Å². The van der Waals surface area contributed by atoms with E-state index in [1.807, 2.05) is 54.6 Å². The summed E-state index contributed by atoms with van der Waals surface area (Å²) in [5, 5.41) is 1.17. The van der Waals surface area contributed by atoms with Gasteiger partial charge in [0, 0.05) is 21.2 Å². The van der Waals surface area contributed by atoms with Crippen molar-refractivity contribution < 1.29 is 14.3 Å². The lowest BCUT2D eigenvalue weighted by Crippen LogP contribution is -2.27. The van der Waals surface area contributed by atoms with Gasteiger partial charge < -0.3 is 9.47 Å². The van der Waals surface area contributed by atoms with Crippen molar-refractivity contribution in [3.8, 4) is 22.5 Å². The standard InChI is InChI=1S/C30H25Cl2N3O3/c1-30(2,3)38-29(36)27-26(28-33-23(17-37-28)18-7-5-4-6-8-18)34-24(19-9-13-21(31)14-10-19)25(35-27)20-11-15-22(32)16-12-20/h4-16,23H,17H2,1-3H3. The van der Waals surface area contributed by atoms with Gasteiger partial charge in [-0.05, 0) is 50.6 Å². The number of halogens is 2. The fraction of sp³-hybridized carbons (Fsp3) is 0.200. The zero-order valence-corrected chi connectivity index (χ0v) is 22.6. The van der Waals surface area contributed by atoms with Crippen molar-refractivity contribution in [1.29, 1.82) is 0 Å². The van der Waals surface area contributed by atoms with E-state index in [1.165, 1.54) is 0 Å². The highest BCUT2D eigenvalue weighted by molar-refractivity contribution is 6.31. The first-order valence-corrected chi connectivity index (χ1v) is 12.9. The number of carbonyl (C=O) groups excluding carboxylic acids is 1. The number of ether oxygens (including phenoxy) is 2. The minimum atomic E-state index is -0.740. The molecule has 192 valence electrons. The van der Waals surface area contributed by atoms with Crippen LogP contribution in [0, 0.1) is 0 Å². The Morgan fingerprint density at radius 1 is 0.816 bits per heavy atom. The minimum Gasteiger partial charge on any atom is -0.474 e. The fourth-order valence-corrected chi connectivity index (χ4v) is 4.27. The molecule has 1 aromatic heterocycles. The third kappa shape index (κ3) is 5.72. The van der Waals surface area contributed by atoms with E-state index in [1.54, 1.807) is 45.0 Å². The van der Waals surface area contributed by atoms with Crippen LogP contribution in [0.2, 0.25) is 10.0 Å². The molecule has 2 heterocycles. The van der Waals surface area contributed by atoms with E-state index in [-0.39, 0.29) is 23.3 Å². The van der Waals surface area contributed by atoms with Gasteiger partial charge in [-0.3, -0.25) is 0 Å². The lowest BCUT2D eigenvalue weighted by atomic mass is 10.0. The molecule has 8 heteroatoms. The van der Waals surface area contributed by atoms with Crippen LogP contribution >= 0.6 is 23.2 Å². The Morgan fingerprint density at radius 2 is 1.37 bits per heavy atom. The molecule has 0 aliphatic carbocycles. The monoisotopic (exact) mass is 545 g/mol. The fourth-order valence-electron chi connectivity index (χ4n) is 4.02. The van der Waals surface area contributed by atoms with E-state index in [0.29, 0.717) is 28.0 Å². The van der Waals surface area contributed by atoms with Gasteiger partial charge in [-0.15, -0.1) is 0 Å². The highest BCUT2D eigenvalue weighted by atomic mass is 35.5. The van der Waals surface area contributed by atoms with E-state index in [2.05, 4.69) is 0 Å². The first kappa shape index (κ1) is 25.9. The molecule has 0 bridgehead atoms. The van der Waals surface area contributed by atoms with Gasteiger partial charge >= 0.3 is 5.97 Å². The van der Waals surface area contributed by atoms with E-state index >= 15 is 0 Å². The van der Waals surface area contributed by atoms with Gasteiger partial charge in [0.25, 0.3) is 0 Å². The van der Waals surface area contributed by atoms with Crippen molar-refractivity contribution in [2.45, 2.75) is 32.4 Å². The summed E-state index contributed by atoms with van der Waals surface area (Å²) in [5.41, 5.74) is 3.05. The van der Waals surface area contributed by atoms with Gasteiger partial charge in [0.15, 0.2) is 11.4 Å². The summed E-state index contributed by atoms with van der Waals surface area (Å²) < 4.78 is 11.7. The normalized spacial score (nSPS) is 15.1. The van der Waals surface area contributed by atoms with Crippen LogP contribution in [0.5, 0.6) is 0 Å². The van der Waals surface area contributed by atoms with Gasteiger partial charge in [0.1, 0.15) is 18.2 Å². The molecule has 1 aliphatic rings. The summed E-state index contributed by atoms with van der Waals surface area (Å²) in [4.78, 5) is 28.0. The smallest absolute Gasteiger partial charge is 0.359 e. The Bertz CT molecular complexity index is 1500. The van der Waals surface area contributed by atoms with Crippen LogP contribution in [0.1, 0.15) is 48.6 Å². The Kier molecular flexibility index (Phi) is 7.19. The Morgan fingerprint density at radius 3 is 1.92 bits per heavy atom. The molecule has 0 radical (unpaired) electrons. The second kappa shape index (κ2) is 10.6. The first-order chi connectivity index (χ1) is 18.2. The molecule has 1 atom stereocenters. The van der Waals surface area contributed by atoms with Crippen molar-refractivity contribution in [2.24, 2.45) is 4.99 Å². The highest BCUT2D eigenvalue weighted by Gasteiger charge is 2.32. The number of aromatic nitrogens is 2. The number of nitrogens with zero attached hydrogens (tertiary/aromatic N) is 3. The van der Waals surface area contributed by atoms with Crippen LogP contribution < -0.4 is 0 Å². The summed E-state index contributed by atoms with van der Waals surface area (Å²) >= 11 is 12.3. The maximum atomic E-state index is 13.4. The molecule has 6 nitrogen and oxygen atoms in total. The van der Waals surface area contributed by atoms with E-state index < -0.39 is 11.6 Å². The van der Waals surface area contributed by atoms with Gasteiger partial charge in [0.05, 0.1) is 11.4 Å². The number of esters is 1. The Labute approximate surface area is 231 Å². The molecule has 0 fully saturated rings. The number of carbonyl (C=O) groups is 1. The number of rotatable bonds is 5. The zero-order valence-electron chi connectivity index (χ0n) is 21.1. The van der Waals surface area contributed by atoms with Gasteiger partial charge in [-0.25, -0.2) is 19.8 Å². The zero-order chi connectivity index (χ0) is 26.9. The van der Waals surface area contributed by atoms with E-state index in [0.717, 1.165) is 16.7 Å². The van der Waals surface area contributed by atoms with Crippen LogP contribution in [0.3, 0.4) is 0 Å². The SMILES string of the molecule is CC(C)(C)OC(=O)c1nc(-c2ccc(Cl)cc2)c(-c2ccc(Cl)cc2)nc1C1=NC(c2ccccc2)CO1. The number of hydrogen-bond donors (Lipinski definition) is 0. The maximum absolute atomic E-state index is 13.4. The molecule has 0 saturated heterocycles. The molecule has 5 rings (SSSR count). The van der Waals surface area contributed by atoms with Crippen molar-refractivity contribution in [3.63, 3.8) is 0 Å². The predicted molar refractivity (Wildman–Crippen MR) is 150 cm³/mol. The topological polar surface area (TPSA) is 73.7 Å². The Hall–Kier alpha value is -3.74. The third-order valence-electron chi connectivity index (χ3n) is 5.76. The summed E-state index contributed by atoms with van der Waals surface area (Å²) in [6.45, 7) is 5.73. The number of hydrogen-bond acceptors (Lipinski definition) is 6. The van der Waals surface area contributed by atoms with Crippen molar-refractivity contribution in [2.75, 3.05) is 6.61 Å². The maximum Gasteiger partial charge on any atom is 0.359 e. The first-order valence-electron chi connectivity index (χ1n) is 12.1. The van der Waals surface area contributed by atoms with E-state index in [9.17, 15) is 4.79 Å². The number of aliphatic imine (C=N–C) groups is 1. The quantitative estimate of drug-likeness (QED) is 0.241. The second-order valence-corrected chi connectivity index (χ2v) is 10.7. The summed E-state index contributed by atoms with van der Waals surface area (Å²) in [7, 11) is 0. The van der Waals surface area contributed by atoms with Gasteiger partial charge in [-0.1, -0.05) is 77.8 Å². The minimum absolute atomic E-state index is 0.0232. The van der Waals surface area contributed by atoms with Crippen molar-refractivity contribution >= 4 is 35.1 Å². The van der Waals surface area contributed by atoms with Crippen LogP contribution in [0.15, 0.2) is 83.9 Å². The van der Waals surface area contributed by atoms with E-state index in [4.69, 9.17) is 47.6 Å². The molecule has 4 aromatic rings. The van der Waals surface area contributed by atoms with Gasteiger partial charge in [0.2, 0.25) is 5.90 Å². The molecule has 3 aromatic carbocycles. The summed E-state index contributed by atoms with van der Waals surface area (Å²) in [6.07, 6.45) is 0. The predicted octanol–water partition coefficient (Wildman–Crippen LogP) is 7.59. The second-order valence-electron chi connectivity index (χ2n) is 9.81. The van der Waals surface area contributed by atoms with Crippen LogP contribution in [-0.2, 0) is 9.47 Å². The van der Waals surface area contributed by atoms with Crippen LogP contribution in [0.25, 0.3) is 22.5 Å². The largest absolute Gasteiger partial charge is 0.474 e. The number of benzene rings is 3. The lowest BCUT2D eigenvalue weighted by Gasteiger charge is -2.21. The van der Waals surface area contributed by atoms with Crippen molar-refractivity contribution in [3.05, 3.63) is 106 Å². The average Bonchev–Trinajstić information content (AvgIpc) is 3.39. The molecule has 1 unspecified atom stereocenters. The van der Waals surface area contributed by atoms with Gasteiger partial charge in [-0.2, -0.15) is 0 Å². The molecule has 0 saturated carbocycles. The molecular formula is C30H25Cl2N3O3. The van der Waals surface area contributed by atoms with Crippen LogP contribution in [0.4, 0.5) is 0 Å². The Balaban J connectivity index is 1.72. The third-order valence-corrected chi connectivity index (χ3v) is 6.27. The lowest BCUT2D eigenvalue weighted by molar-refractivity contribution is 0.00618. The van der Waals surface area contributed by atoms with Crippen LogP contribution in [-0.4, -0.2) is 34.0 Å². The highest BCUT2D eigenvalue weighted by Crippen LogP contribution is 2.34. The molecule has 38 heavy (non-hydrogen) atoms. The molecular weight excluding hydrogens is 521 g/mol. The molecule has 0 N–H and O–H groups in total. The summed E-state index contributed by atoms with van der Waals surface area (Å²) in [5.74, 6) is -0.377. The summed E-state index contributed by atoms with van der Waals surface area (Å²) in [6, 6.07) is 24.1. The molecule has 0 amide bonds. The average molecular weight is 546 g/mol.